The van der Waals surface area contributed by atoms with Crippen molar-refractivity contribution in [2.75, 3.05) is 24.5 Å². The average molecular weight is 211 g/mol. The molecule has 7 heteroatoms. The van der Waals surface area contributed by atoms with Crippen LogP contribution in [0, 0.1) is 0 Å². The van der Waals surface area contributed by atoms with E-state index in [1.54, 1.807) is 0 Å². The van der Waals surface area contributed by atoms with Gasteiger partial charge in [0.25, 0.3) is 5.56 Å². The molecule has 2 rings (SSSR count). The highest BCUT2D eigenvalue weighted by molar-refractivity contribution is 5.35. The molecule has 7 nitrogen and oxygen atoms in total. The van der Waals surface area contributed by atoms with E-state index in [0.29, 0.717) is 19.1 Å². The van der Waals surface area contributed by atoms with Crippen LogP contribution in [-0.2, 0) is 0 Å². The molecule has 1 saturated heterocycles. The third kappa shape index (κ3) is 2.07. The summed E-state index contributed by atoms with van der Waals surface area (Å²) in [6.07, 6.45) is 0. The molecule has 0 radical (unpaired) electrons. The molecule has 1 aromatic rings. The van der Waals surface area contributed by atoms with Crippen molar-refractivity contribution in [3.63, 3.8) is 0 Å². The van der Waals surface area contributed by atoms with Gasteiger partial charge in [-0.3, -0.25) is 9.78 Å². The van der Waals surface area contributed by atoms with Crippen LogP contribution in [0.2, 0.25) is 0 Å². The van der Waals surface area contributed by atoms with Crippen LogP contribution < -0.4 is 21.5 Å². The third-order valence-electron chi connectivity index (χ3n) is 2.36. The van der Waals surface area contributed by atoms with E-state index in [4.69, 9.17) is 0 Å². The lowest BCUT2D eigenvalue weighted by Gasteiger charge is -2.31. The fraction of sp³-hybridized carbons (Fsp3) is 0.625. The molecule has 0 saturated carbocycles. The molecule has 0 aliphatic carbocycles. The second-order valence-corrected chi connectivity index (χ2v) is 3.63. The SMILES string of the molecule is CC1CN(c2n[nH]c(=O)[nH]c2=O)CCN1. The van der Waals surface area contributed by atoms with Crippen LogP contribution in [-0.4, -0.2) is 40.9 Å². The Hall–Kier alpha value is -1.63. The summed E-state index contributed by atoms with van der Waals surface area (Å²) < 4.78 is 0. The summed E-state index contributed by atoms with van der Waals surface area (Å²) in [7, 11) is 0. The van der Waals surface area contributed by atoms with Gasteiger partial charge in [-0.25, -0.2) is 9.89 Å². The molecule has 0 bridgehead atoms. The van der Waals surface area contributed by atoms with Gasteiger partial charge in [0.15, 0.2) is 0 Å². The smallest absolute Gasteiger partial charge is 0.342 e. The van der Waals surface area contributed by atoms with Crippen molar-refractivity contribution in [3.8, 4) is 0 Å². The number of H-pyrrole nitrogens is 2. The zero-order valence-electron chi connectivity index (χ0n) is 8.41. The zero-order chi connectivity index (χ0) is 10.8. The van der Waals surface area contributed by atoms with E-state index < -0.39 is 11.2 Å². The Morgan fingerprint density at radius 2 is 2.27 bits per heavy atom. The molecule has 2 heterocycles. The quantitative estimate of drug-likeness (QED) is 0.512. The molecule has 82 valence electrons. The highest BCUT2D eigenvalue weighted by Crippen LogP contribution is 2.04. The summed E-state index contributed by atoms with van der Waals surface area (Å²) in [5, 5.41) is 9.24. The summed E-state index contributed by atoms with van der Waals surface area (Å²) in [4.78, 5) is 26.2. The van der Waals surface area contributed by atoms with Gasteiger partial charge >= 0.3 is 5.69 Å². The highest BCUT2D eigenvalue weighted by atomic mass is 16.2. The van der Waals surface area contributed by atoms with Crippen molar-refractivity contribution in [1.82, 2.24) is 20.5 Å². The summed E-state index contributed by atoms with van der Waals surface area (Å²) in [6.45, 7) is 4.27. The number of hydrogen-bond donors (Lipinski definition) is 3. The maximum absolute atomic E-state index is 11.4. The molecular weight excluding hydrogens is 198 g/mol. The lowest BCUT2D eigenvalue weighted by molar-refractivity contribution is 0.479. The molecule has 0 aromatic carbocycles. The van der Waals surface area contributed by atoms with Gasteiger partial charge in [-0.1, -0.05) is 0 Å². The summed E-state index contributed by atoms with van der Waals surface area (Å²) in [5.41, 5.74) is -1.01. The number of rotatable bonds is 1. The Morgan fingerprint density at radius 1 is 1.47 bits per heavy atom. The van der Waals surface area contributed by atoms with Crippen LogP contribution in [0.5, 0.6) is 0 Å². The van der Waals surface area contributed by atoms with Gasteiger partial charge in [0, 0.05) is 25.7 Å². The van der Waals surface area contributed by atoms with Gasteiger partial charge in [0.05, 0.1) is 0 Å². The molecule has 1 aliphatic rings. The van der Waals surface area contributed by atoms with Crippen molar-refractivity contribution in [2.24, 2.45) is 0 Å². The first kappa shape index (κ1) is 9.91. The second-order valence-electron chi connectivity index (χ2n) is 3.63. The largest absolute Gasteiger partial charge is 0.348 e. The Labute approximate surface area is 85.5 Å². The summed E-state index contributed by atoms with van der Waals surface area (Å²) in [5.74, 6) is 0.281. The van der Waals surface area contributed by atoms with E-state index in [-0.39, 0.29) is 5.82 Å². The number of nitrogens with one attached hydrogen (secondary N) is 3. The van der Waals surface area contributed by atoms with Gasteiger partial charge in [-0.2, -0.15) is 0 Å². The lowest BCUT2D eigenvalue weighted by atomic mass is 10.2. The molecule has 3 N–H and O–H groups in total. The van der Waals surface area contributed by atoms with Gasteiger partial charge in [0.2, 0.25) is 5.82 Å². The van der Waals surface area contributed by atoms with E-state index in [2.05, 4.69) is 20.5 Å². The number of aromatic nitrogens is 3. The molecule has 1 atom stereocenters. The van der Waals surface area contributed by atoms with E-state index in [1.165, 1.54) is 0 Å². The number of hydrogen-bond acceptors (Lipinski definition) is 5. The van der Waals surface area contributed by atoms with E-state index in [9.17, 15) is 9.59 Å². The van der Waals surface area contributed by atoms with Crippen molar-refractivity contribution < 1.29 is 0 Å². The Morgan fingerprint density at radius 3 is 2.93 bits per heavy atom. The van der Waals surface area contributed by atoms with E-state index >= 15 is 0 Å². The average Bonchev–Trinajstić information content (AvgIpc) is 2.17. The van der Waals surface area contributed by atoms with Crippen LogP contribution in [0.25, 0.3) is 0 Å². The monoisotopic (exact) mass is 211 g/mol. The standard InChI is InChI=1S/C8H13N5O2/c1-5-4-13(3-2-9-5)6-7(14)10-8(15)12-11-6/h5,9H,2-4H2,1H3,(H2,10,12,14,15). The predicted octanol–water partition coefficient (Wildman–Crippen LogP) is -1.74. The molecule has 0 amide bonds. The highest BCUT2D eigenvalue weighted by Gasteiger charge is 2.19. The number of anilines is 1. The Balaban J connectivity index is 2.29. The van der Waals surface area contributed by atoms with Crippen molar-refractivity contribution >= 4 is 5.82 Å². The molecule has 15 heavy (non-hydrogen) atoms. The second kappa shape index (κ2) is 3.85. The van der Waals surface area contributed by atoms with E-state index in [0.717, 1.165) is 6.54 Å². The maximum atomic E-state index is 11.4. The first-order chi connectivity index (χ1) is 7.16. The fourth-order valence-corrected chi connectivity index (χ4v) is 1.68. The minimum Gasteiger partial charge on any atom is -0.348 e. The van der Waals surface area contributed by atoms with Crippen molar-refractivity contribution in [3.05, 3.63) is 20.8 Å². The van der Waals surface area contributed by atoms with Gasteiger partial charge in [0.1, 0.15) is 0 Å². The fourth-order valence-electron chi connectivity index (χ4n) is 1.68. The normalized spacial score (nSPS) is 21.7. The topological polar surface area (TPSA) is 93.9 Å². The Bertz CT molecular complexity index is 451. The number of aromatic amines is 2. The van der Waals surface area contributed by atoms with Crippen molar-refractivity contribution in [2.45, 2.75) is 13.0 Å². The van der Waals surface area contributed by atoms with Gasteiger partial charge in [-0.05, 0) is 6.92 Å². The first-order valence-corrected chi connectivity index (χ1v) is 4.84. The maximum Gasteiger partial charge on any atom is 0.342 e. The van der Waals surface area contributed by atoms with Crippen LogP contribution in [0.1, 0.15) is 6.92 Å². The van der Waals surface area contributed by atoms with Gasteiger partial charge in [-0.15, -0.1) is 5.10 Å². The first-order valence-electron chi connectivity index (χ1n) is 4.84. The minimum absolute atomic E-state index is 0.281. The molecular formula is C8H13N5O2. The van der Waals surface area contributed by atoms with Crippen LogP contribution >= 0.6 is 0 Å². The zero-order valence-corrected chi connectivity index (χ0v) is 8.41. The molecule has 1 fully saturated rings. The van der Waals surface area contributed by atoms with Crippen LogP contribution in [0.3, 0.4) is 0 Å². The predicted molar refractivity (Wildman–Crippen MR) is 55.2 cm³/mol. The van der Waals surface area contributed by atoms with E-state index in [1.807, 2.05) is 11.8 Å². The Kier molecular flexibility index (Phi) is 2.55. The van der Waals surface area contributed by atoms with Gasteiger partial charge < -0.3 is 10.2 Å². The van der Waals surface area contributed by atoms with Crippen molar-refractivity contribution in [1.29, 1.82) is 0 Å². The summed E-state index contributed by atoms with van der Waals surface area (Å²) >= 11 is 0. The lowest BCUT2D eigenvalue weighted by Crippen LogP contribution is -2.51. The molecule has 1 unspecified atom stereocenters. The van der Waals surface area contributed by atoms with Crippen LogP contribution in [0.4, 0.5) is 5.82 Å². The minimum atomic E-state index is -0.577. The van der Waals surface area contributed by atoms with Crippen LogP contribution in [0.15, 0.2) is 9.59 Å². The number of nitrogens with zero attached hydrogens (tertiary/aromatic N) is 2. The third-order valence-corrected chi connectivity index (χ3v) is 2.36. The molecule has 1 aliphatic heterocycles. The molecule has 1 aromatic heterocycles. The molecule has 0 spiro atoms. The summed E-state index contributed by atoms with van der Waals surface area (Å²) in [6, 6.07) is 0.312. The number of piperazine rings is 1.